The molecule has 1 saturated carbocycles. The van der Waals surface area contributed by atoms with E-state index < -0.39 is 7.52 Å². The van der Waals surface area contributed by atoms with Gasteiger partial charge in [-0.1, -0.05) is 51.3 Å². The number of terminal acetylenes is 1. The largest absolute Gasteiger partial charge is 0.311 e. The van der Waals surface area contributed by atoms with Crippen molar-refractivity contribution in [2.45, 2.75) is 46.1 Å². The van der Waals surface area contributed by atoms with Crippen LogP contribution in [0.5, 0.6) is 0 Å². The van der Waals surface area contributed by atoms with Gasteiger partial charge in [0.1, 0.15) is 0 Å². The zero-order valence-corrected chi connectivity index (χ0v) is 15.3. The summed E-state index contributed by atoms with van der Waals surface area (Å²) in [6.07, 6.45) is 8.67. The van der Waals surface area contributed by atoms with Crippen molar-refractivity contribution in [3.05, 3.63) is 30.3 Å². The van der Waals surface area contributed by atoms with Crippen molar-refractivity contribution < 1.29 is 9.09 Å². The van der Waals surface area contributed by atoms with Crippen molar-refractivity contribution in [1.82, 2.24) is 5.09 Å². The van der Waals surface area contributed by atoms with Crippen LogP contribution in [0.1, 0.15) is 40.0 Å². The van der Waals surface area contributed by atoms with E-state index >= 15 is 0 Å². The smallest absolute Gasteiger partial charge is 0.300 e. The highest BCUT2D eigenvalue weighted by Gasteiger charge is 2.37. The second-order valence-corrected chi connectivity index (χ2v) is 9.04. The molecule has 23 heavy (non-hydrogen) atoms. The third-order valence-corrected chi connectivity index (χ3v) is 6.85. The van der Waals surface area contributed by atoms with Crippen molar-refractivity contribution in [3.63, 3.8) is 0 Å². The molecular weight excluding hydrogens is 305 g/mol. The Morgan fingerprint density at radius 1 is 1.35 bits per heavy atom. The van der Waals surface area contributed by atoms with Crippen LogP contribution in [0, 0.1) is 30.1 Å². The first-order valence-corrected chi connectivity index (χ1v) is 10.1. The van der Waals surface area contributed by atoms with E-state index in [0.29, 0.717) is 23.1 Å². The summed E-state index contributed by atoms with van der Waals surface area (Å²) in [5, 5.41) is 3.67. The minimum Gasteiger partial charge on any atom is -0.311 e. The summed E-state index contributed by atoms with van der Waals surface area (Å²) < 4.78 is 19.7. The molecule has 1 aromatic rings. The maximum absolute atomic E-state index is 13.5. The van der Waals surface area contributed by atoms with Crippen LogP contribution in [0.2, 0.25) is 0 Å². The van der Waals surface area contributed by atoms with Crippen molar-refractivity contribution in [3.8, 4) is 12.3 Å². The van der Waals surface area contributed by atoms with Crippen molar-refractivity contribution in [2.24, 2.45) is 17.8 Å². The third kappa shape index (κ3) is 4.70. The topological polar surface area (TPSA) is 38.3 Å². The van der Waals surface area contributed by atoms with Crippen LogP contribution in [0.3, 0.4) is 0 Å². The monoisotopic (exact) mass is 333 g/mol. The Kier molecular flexibility index (Phi) is 6.48. The van der Waals surface area contributed by atoms with Gasteiger partial charge >= 0.3 is 7.52 Å². The van der Waals surface area contributed by atoms with E-state index in [2.05, 4.69) is 31.8 Å². The number of nitrogens with one attached hydrogen (secondary N) is 1. The van der Waals surface area contributed by atoms with Crippen LogP contribution < -0.4 is 10.4 Å². The first-order chi connectivity index (χ1) is 11.0. The van der Waals surface area contributed by atoms with Gasteiger partial charge in [0.05, 0.1) is 18.0 Å². The molecule has 0 spiro atoms. The molecule has 1 aliphatic carbocycles. The fourth-order valence-corrected chi connectivity index (χ4v) is 5.26. The van der Waals surface area contributed by atoms with Gasteiger partial charge in [-0.3, -0.25) is 4.57 Å². The number of rotatable bonds is 6. The highest BCUT2D eigenvalue weighted by Crippen LogP contribution is 2.48. The molecule has 1 aromatic carbocycles. The standard InChI is InChI=1S/C19H28NO2P/c1-5-13-20-23(21,17-9-7-6-8-10-17)22-19-14-16(4)11-12-18(19)15(2)3/h1,6-10,15-16,18-19H,11-14H2,2-4H3,(H,20,21)/t16-,18+,19-,23?/m1/s1. The van der Waals surface area contributed by atoms with E-state index in [1.807, 2.05) is 30.3 Å². The number of hydrogen-bond acceptors (Lipinski definition) is 2. The van der Waals surface area contributed by atoms with Gasteiger partial charge in [0, 0.05) is 0 Å². The molecule has 0 aliphatic heterocycles. The Morgan fingerprint density at radius 3 is 2.65 bits per heavy atom. The van der Waals surface area contributed by atoms with Gasteiger partial charge in [0.15, 0.2) is 0 Å². The van der Waals surface area contributed by atoms with Crippen molar-refractivity contribution in [1.29, 1.82) is 0 Å². The second-order valence-electron chi connectivity index (χ2n) is 6.90. The average molecular weight is 333 g/mol. The zero-order valence-electron chi connectivity index (χ0n) is 14.4. The van der Waals surface area contributed by atoms with Gasteiger partial charge in [0.25, 0.3) is 0 Å². The molecule has 0 saturated heterocycles. The predicted octanol–water partition coefficient (Wildman–Crippen LogP) is 4.21. The van der Waals surface area contributed by atoms with Gasteiger partial charge in [0.2, 0.25) is 0 Å². The summed E-state index contributed by atoms with van der Waals surface area (Å²) in [6, 6.07) is 9.37. The summed E-state index contributed by atoms with van der Waals surface area (Å²) in [6.45, 7) is 6.93. The molecule has 0 amide bonds. The van der Waals surface area contributed by atoms with E-state index in [0.717, 1.165) is 12.8 Å². The van der Waals surface area contributed by atoms with Gasteiger partial charge in [-0.2, -0.15) is 0 Å². The van der Waals surface area contributed by atoms with Gasteiger partial charge in [-0.25, -0.2) is 5.09 Å². The summed E-state index contributed by atoms with van der Waals surface area (Å²) in [5.74, 6) is 4.07. The Morgan fingerprint density at radius 2 is 2.04 bits per heavy atom. The highest BCUT2D eigenvalue weighted by atomic mass is 31.2. The minimum absolute atomic E-state index is 0.00932. The minimum atomic E-state index is -3.15. The zero-order chi connectivity index (χ0) is 16.9. The second kappa shape index (κ2) is 8.15. The molecular formula is C19H28NO2P. The quantitative estimate of drug-likeness (QED) is 0.626. The molecule has 3 nitrogen and oxygen atoms in total. The summed E-state index contributed by atoms with van der Waals surface area (Å²) in [5.41, 5.74) is 0. The maximum atomic E-state index is 13.5. The SMILES string of the molecule is C#CCNP(=O)(O[C@@H]1C[C@H](C)CC[C@H]1C(C)C)c1ccccc1. The van der Waals surface area contributed by atoms with Gasteiger partial charge in [-0.05, 0) is 42.7 Å². The highest BCUT2D eigenvalue weighted by molar-refractivity contribution is 7.65. The van der Waals surface area contributed by atoms with E-state index in [1.165, 1.54) is 6.42 Å². The average Bonchev–Trinajstić information content (AvgIpc) is 2.53. The van der Waals surface area contributed by atoms with Crippen molar-refractivity contribution in [2.75, 3.05) is 6.54 Å². The molecule has 4 atom stereocenters. The van der Waals surface area contributed by atoms with Gasteiger partial charge in [-0.15, -0.1) is 6.42 Å². The Labute approximate surface area is 140 Å². The molecule has 2 rings (SSSR count). The Hall–Kier alpha value is -1.07. The van der Waals surface area contributed by atoms with Crippen molar-refractivity contribution >= 4 is 12.8 Å². The van der Waals surface area contributed by atoms with Crippen LogP contribution in [-0.4, -0.2) is 12.6 Å². The fraction of sp³-hybridized carbons (Fsp3) is 0.579. The van der Waals surface area contributed by atoms with Crippen LogP contribution in [0.25, 0.3) is 0 Å². The van der Waals surface area contributed by atoms with E-state index in [9.17, 15) is 4.57 Å². The molecule has 0 bridgehead atoms. The number of hydrogen-bond donors (Lipinski definition) is 1. The summed E-state index contributed by atoms with van der Waals surface area (Å²) >= 11 is 0. The first kappa shape index (κ1) is 18.3. The van der Waals surface area contributed by atoms with Crippen LogP contribution in [0.4, 0.5) is 0 Å². The van der Waals surface area contributed by atoms with Gasteiger partial charge < -0.3 is 4.52 Å². The molecule has 1 unspecified atom stereocenters. The number of benzene rings is 1. The fourth-order valence-electron chi connectivity index (χ4n) is 3.39. The molecule has 0 aromatic heterocycles. The Bertz CT molecular complexity index is 579. The maximum Gasteiger partial charge on any atom is 0.300 e. The lowest BCUT2D eigenvalue weighted by atomic mass is 9.75. The van der Waals surface area contributed by atoms with E-state index in [-0.39, 0.29) is 12.6 Å². The molecule has 1 N–H and O–H groups in total. The summed E-state index contributed by atoms with van der Waals surface area (Å²) in [4.78, 5) is 0. The lowest BCUT2D eigenvalue weighted by Gasteiger charge is -2.38. The molecule has 0 radical (unpaired) electrons. The molecule has 1 aliphatic rings. The van der Waals surface area contributed by atoms with Crippen LogP contribution in [0.15, 0.2) is 30.3 Å². The first-order valence-electron chi connectivity index (χ1n) is 8.49. The molecule has 1 fully saturated rings. The van der Waals surface area contributed by atoms with E-state index in [1.54, 1.807) is 0 Å². The Balaban J connectivity index is 2.25. The molecule has 0 heterocycles. The van der Waals surface area contributed by atoms with Crippen LogP contribution in [-0.2, 0) is 9.09 Å². The molecule has 4 heteroatoms. The normalized spacial score (nSPS) is 27.3. The van der Waals surface area contributed by atoms with Crippen LogP contribution >= 0.6 is 7.52 Å². The predicted molar refractivity (Wildman–Crippen MR) is 96.7 cm³/mol. The lowest BCUT2D eigenvalue weighted by molar-refractivity contribution is 0.0485. The molecule has 126 valence electrons. The third-order valence-electron chi connectivity index (χ3n) is 4.73. The lowest BCUT2D eigenvalue weighted by Crippen LogP contribution is -2.36. The van der Waals surface area contributed by atoms with E-state index in [4.69, 9.17) is 10.9 Å². The summed E-state index contributed by atoms with van der Waals surface area (Å²) in [7, 11) is -3.15.